The van der Waals surface area contributed by atoms with E-state index in [4.69, 9.17) is 11.6 Å². The number of benzene rings is 1. The second-order valence-corrected chi connectivity index (χ2v) is 6.18. The van der Waals surface area contributed by atoms with Crippen molar-refractivity contribution < 1.29 is 0 Å². The third-order valence-electron chi connectivity index (χ3n) is 1.84. The molecule has 0 nitrogen and oxygen atoms in total. The molecule has 0 atom stereocenters. The van der Waals surface area contributed by atoms with Crippen molar-refractivity contribution in [3.05, 3.63) is 32.0 Å². The van der Waals surface area contributed by atoms with Crippen molar-refractivity contribution in [1.82, 2.24) is 0 Å². The Morgan fingerprint density at radius 1 is 1.31 bits per heavy atom. The summed E-state index contributed by atoms with van der Waals surface area (Å²) in [5, 5.41) is 1.25. The highest BCUT2D eigenvalue weighted by molar-refractivity contribution is 9.11. The maximum atomic E-state index is 5.86. The van der Waals surface area contributed by atoms with Gasteiger partial charge in [-0.15, -0.1) is 22.9 Å². The molecule has 0 saturated heterocycles. The molecule has 0 fully saturated rings. The fourth-order valence-electron chi connectivity index (χ4n) is 1.22. The Morgan fingerprint density at radius 2 is 2.08 bits per heavy atom. The van der Waals surface area contributed by atoms with Gasteiger partial charge in [0.1, 0.15) is 0 Å². The van der Waals surface area contributed by atoms with Crippen LogP contribution in [0.25, 0.3) is 10.1 Å². The summed E-state index contributed by atoms with van der Waals surface area (Å²) >= 11 is 14.5. The van der Waals surface area contributed by atoms with Gasteiger partial charge in [-0.05, 0) is 39.0 Å². The van der Waals surface area contributed by atoms with Crippen molar-refractivity contribution in [3.8, 4) is 0 Å². The number of thiophene rings is 1. The molecule has 0 amide bonds. The number of hydrogen-bond acceptors (Lipinski definition) is 1. The molecule has 0 spiro atoms. The Balaban J connectivity index is 2.79. The molecule has 0 aliphatic rings. The Kier molecular flexibility index (Phi) is 2.98. The standard InChI is InChI=1S/C9H5Br2ClS/c10-5-1-2-6-7(4-12)9(11)13-8(6)3-5/h1-3H,4H2. The van der Waals surface area contributed by atoms with E-state index in [9.17, 15) is 0 Å². The predicted molar refractivity (Wildman–Crippen MR) is 66.8 cm³/mol. The van der Waals surface area contributed by atoms with Crippen LogP contribution in [0.15, 0.2) is 26.5 Å². The van der Waals surface area contributed by atoms with Crippen LogP contribution in [0.2, 0.25) is 0 Å². The summed E-state index contributed by atoms with van der Waals surface area (Å²) in [5.74, 6) is 0.558. The minimum Gasteiger partial charge on any atom is -0.128 e. The second-order valence-electron chi connectivity index (χ2n) is 2.63. The maximum absolute atomic E-state index is 5.86. The molecule has 68 valence electrons. The summed E-state index contributed by atoms with van der Waals surface area (Å²) < 4.78 is 3.50. The zero-order valence-corrected chi connectivity index (χ0v) is 11.2. The molecule has 0 aliphatic heterocycles. The fourth-order valence-corrected chi connectivity index (χ4v) is 4.11. The van der Waals surface area contributed by atoms with E-state index in [0.29, 0.717) is 5.88 Å². The van der Waals surface area contributed by atoms with Crippen molar-refractivity contribution >= 4 is 64.9 Å². The molecule has 1 heterocycles. The molecule has 13 heavy (non-hydrogen) atoms. The van der Waals surface area contributed by atoms with Gasteiger partial charge in [0.2, 0.25) is 0 Å². The lowest BCUT2D eigenvalue weighted by molar-refractivity contribution is 1.47. The summed E-state index contributed by atoms with van der Waals surface area (Å²) in [4.78, 5) is 0. The first-order valence-electron chi connectivity index (χ1n) is 3.65. The van der Waals surface area contributed by atoms with E-state index in [0.717, 1.165) is 8.26 Å². The van der Waals surface area contributed by atoms with Crippen molar-refractivity contribution in [2.24, 2.45) is 0 Å². The molecule has 0 N–H and O–H groups in total. The van der Waals surface area contributed by atoms with E-state index in [1.54, 1.807) is 11.3 Å². The average molecular weight is 340 g/mol. The number of alkyl halides is 1. The van der Waals surface area contributed by atoms with E-state index in [-0.39, 0.29) is 0 Å². The highest BCUT2D eigenvalue weighted by Crippen LogP contribution is 2.37. The zero-order chi connectivity index (χ0) is 9.42. The first kappa shape index (κ1) is 9.97. The van der Waals surface area contributed by atoms with Gasteiger partial charge in [-0.25, -0.2) is 0 Å². The van der Waals surface area contributed by atoms with Gasteiger partial charge in [0.25, 0.3) is 0 Å². The summed E-state index contributed by atoms with van der Waals surface area (Å²) in [7, 11) is 0. The summed E-state index contributed by atoms with van der Waals surface area (Å²) in [5.41, 5.74) is 1.19. The topological polar surface area (TPSA) is 0 Å². The van der Waals surface area contributed by atoms with Crippen LogP contribution < -0.4 is 0 Å². The number of rotatable bonds is 1. The van der Waals surface area contributed by atoms with Gasteiger partial charge in [0, 0.05) is 15.1 Å². The molecule has 1 aromatic carbocycles. The summed E-state index contributed by atoms with van der Waals surface area (Å²) in [6, 6.07) is 6.25. The largest absolute Gasteiger partial charge is 0.128 e. The SMILES string of the molecule is ClCc1c(Br)sc2cc(Br)ccc12. The third-order valence-corrected chi connectivity index (χ3v) is 4.55. The first-order valence-corrected chi connectivity index (χ1v) is 6.58. The van der Waals surface area contributed by atoms with Crippen LogP contribution in [0.3, 0.4) is 0 Å². The average Bonchev–Trinajstić information content (AvgIpc) is 2.39. The van der Waals surface area contributed by atoms with Crippen LogP contribution in [0.1, 0.15) is 5.56 Å². The Labute approximate surface area is 102 Å². The molecule has 4 heteroatoms. The molecule has 2 aromatic rings. The van der Waals surface area contributed by atoms with E-state index in [1.807, 2.05) is 6.07 Å². The monoisotopic (exact) mass is 338 g/mol. The van der Waals surface area contributed by atoms with Gasteiger partial charge in [0.05, 0.1) is 3.79 Å². The molecule has 0 bridgehead atoms. The normalized spacial score (nSPS) is 11.0. The summed E-state index contributed by atoms with van der Waals surface area (Å²) in [6.45, 7) is 0. The highest BCUT2D eigenvalue weighted by atomic mass is 79.9. The van der Waals surface area contributed by atoms with Crippen molar-refractivity contribution in [3.63, 3.8) is 0 Å². The molecule has 1 aromatic heterocycles. The van der Waals surface area contributed by atoms with Gasteiger partial charge in [-0.2, -0.15) is 0 Å². The predicted octanol–water partition coefficient (Wildman–Crippen LogP) is 5.17. The Morgan fingerprint density at radius 3 is 2.77 bits per heavy atom. The third kappa shape index (κ3) is 1.80. The van der Waals surface area contributed by atoms with Crippen LogP contribution in [0.5, 0.6) is 0 Å². The fraction of sp³-hybridized carbons (Fsp3) is 0.111. The van der Waals surface area contributed by atoms with Crippen molar-refractivity contribution in [2.75, 3.05) is 0 Å². The maximum Gasteiger partial charge on any atom is 0.0755 e. The van der Waals surface area contributed by atoms with E-state index in [1.165, 1.54) is 15.6 Å². The zero-order valence-electron chi connectivity index (χ0n) is 6.48. The lowest BCUT2D eigenvalue weighted by Crippen LogP contribution is -1.74. The molecule has 2 rings (SSSR count). The van der Waals surface area contributed by atoms with Crippen molar-refractivity contribution in [1.29, 1.82) is 0 Å². The molecular formula is C9H5Br2ClS. The Bertz CT molecular complexity index is 450. The molecular weight excluding hydrogens is 335 g/mol. The summed E-state index contributed by atoms with van der Waals surface area (Å²) in [6.07, 6.45) is 0. The molecule has 0 saturated carbocycles. The van der Waals surface area contributed by atoms with Crippen LogP contribution in [0.4, 0.5) is 0 Å². The van der Waals surface area contributed by atoms with Gasteiger partial charge >= 0.3 is 0 Å². The van der Waals surface area contributed by atoms with Gasteiger partial charge in [-0.1, -0.05) is 22.0 Å². The van der Waals surface area contributed by atoms with E-state index in [2.05, 4.69) is 44.0 Å². The Hall–Kier alpha value is 0.430. The lowest BCUT2D eigenvalue weighted by Gasteiger charge is -1.93. The van der Waals surface area contributed by atoms with Crippen LogP contribution in [0, 0.1) is 0 Å². The van der Waals surface area contributed by atoms with Gasteiger partial charge in [0.15, 0.2) is 0 Å². The second kappa shape index (κ2) is 3.89. The van der Waals surface area contributed by atoms with Crippen LogP contribution >= 0.6 is 54.8 Å². The quantitative estimate of drug-likeness (QED) is 0.629. The van der Waals surface area contributed by atoms with Crippen molar-refractivity contribution in [2.45, 2.75) is 5.88 Å². The van der Waals surface area contributed by atoms with E-state index >= 15 is 0 Å². The van der Waals surface area contributed by atoms with Gasteiger partial charge < -0.3 is 0 Å². The number of hydrogen-bond donors (Lipinski definition) is 0. The smallest absolute Gasteiger partial charge is 0.0755 e. The molecule has 0 radical (unpaired) electrons. The minimum atomic E-state index is 0.558. The highest BCUT2D eigenvalue weighted by Gasteiger charge is 2.08. The minimum absolute atomic E-state index is 0.558. The van der Waals surface area contributed by atoms with Gasteiger partial charge in [-0.3, -0.25) is 0 Å². The first-order chi connectivity index (χ1) is 6.22. The molecule has 0 aliphatic carbocycles. The lowest BCUT2D eigenvalue weighted by atomic mass is 10.2. The van der Waals surface area contributed by atoms with Crippen LogP contribution in [-0.4, -0.2) is 0 Å². The number of halogens is 3. The van der Waals surface area contributed by atoms with E-state index < -0.39 is 0 Å². The number of fused-ring (bicyclic) bond motifs is 1. The van der Waals surface area contributed by atoms with Crippen LogP contribution in [-0.2, 0) is 5.88 Å². The molecule has 0 unspecified atom stereocenters.